The van der Waals surface area contributed by atoms with Crippen molar-refractivity contribution in [1.29, 1.82) is 0 Å². The van der Waals surface area contributed by atoms with Gasteiger partial charge in [0.1, 0.15) is 0 Å². The first-order chi connectivity index (χ1) is 8.70. The minimum Gasteiger partial charge on any atom is -0.368 e. The maximum atomic E-state index is 5.41. The average molecular weight is 267 g/mol. The standard InChI is InChI=1S/C10H17N7S/c11-8-13-9(15-14-8)16-17-10(18)12-7-4-5-1-2-6(7)3-5/h5-7H,1-4H2,(H2,12,17,18)(H4,11,13,14,15,16)/t5-,6-,7+/m1/s1. The topological polar surface area (TPSA) is 104 Å². The van der Waals surface area contributed by atoms with E-state index in [1.54, 1.807) is 0 Å². The molecule has 6 N–H and O–H groups in total. The van der Waals surface area contributed by atoms with Crippen LogP contribution in [0, 0.1) is 11.8 Å². The number of anilines is 2. The molecule has 8 heteroatoms. The monoisotopic (exact) mass is 267 g/mol. The third-order valence-corrected chi connectivity index (χ3v) is 4.07. The molecule has 3 atom stereocenters. The van der Waals surface area contributed by atoms with Crippen LogP contribution >= 0.6 is 12.2 Å². The highest BCUT2D eigenvalue weighted by Crippen LogP contribution is 2.44. The molecule has 1 heterocycles. The number of rotatable bonds is 3. The molecule has 2 aliphatic rings. The van der Waals surface area contributed by atoms with Gasteiger partial charge in [-0.15, -0.1) is 5.10 Å². The number of hydrogen-bond acceptors (Lipinski definition) is 5. The zero-order chi connectivity index (χ0) is 12.5. The molecule has 0 aromatic carbocycles. The largest absolute Gasteiger partial charge is 0.368 e. The number of H-pyrrole nitrogens is 1. The summed E-state index contributed by atoms with van der Waals surface area (Å²) < 4.78 is 0. The number of nitrogen functional groups attached to an aromatic ring is 1. The molecule has 2 fully saturated rings. The van der Waals surface area contributed by atoms with Crippen LogP contribution in [-0.2, 0) is 0 Å². The van der Waals surface area contributed by atoms with E-state index in [9.17, 15) is 0 Å². The van der Waals surface area contributed by atoms with E-state index in [4.69, 9.17) is 18.0 Å². The Hall–Kier alpha value is -1.57. The van der Waals surface area contributed by atoms with Crippen molar-refractivity contribution in [2.24, 2.45) is 11.8 Å². The van der Waals surface area contributed by atoms with Gasteiger partial charge in [0, 0.05) is 6.04 Å². The zero-order valence-corrected chi connectivity index (χ0v) is 10.8. The summed E-state index contributed by atoms with van der Waals surface area (Å²) in [6.45, 7) is 0. The maximum Gasteiger partial charge on any atom is 0.262 e. The van der Waals surface area contributed by atoms with Crippen molar-refractivity contribution in [3.63, 3.8) is 0 Å². The number of nitrogens with zero attached hydrogens (tertiary/aromatic N) is 2. The summed E-state index contributed by atoms with van der Waals surface area (Å²) in [5.74, 6) is 2.33. The third-order valence-electron chi connectivity index (χ3n) is 3.85. The van der Waals surface area contributed by atoms with Gasteiger partial charge in [-0.2, -0.15) is 4.98 Å². The van der Waals surface area contributed by atoms with Gasteiger partial charge >= 0.3 is 0 Å². The second-order valence-electron chi connectivity index (χ2n) is 5.05. The number of aromatic amines is 1. The van der Waals surface area contributed by atoms with E-state index in [2.05, 4.69) is 31.3 Å². The van der Waals surface area contributed by atoms with Crippen molar-refractivity contribution < 1.29 is 0 Å². The molecule has 7 nitrogen and oxygen atoms in total. The van der Waals surface area contributed by atoms with Crippen molar-refractivity contribution in [2.75, 3.05) is 11.2 Å². The Morgan fingerprint density at radius 1 is 1.39 bits per heavy atom. The van der Waals surface area contributed by atoms with Gasteiger partial charge in [0.25, 0.3) is 5.95 Å². The molecular weight excluding hydrogens is 250 g/mol. The molecule has 2 bridgehead atoms. The van der Waals surface area contributed by atoms with Gasteiger partial charge in [0.05, 0.1) is 0 Å². The van der Waals surface area contributed by atoms with Crippen LogP contribution in [0.4, 0.5) is 11.9 Å². The molecule has 0 spiro atoms. The van der Waals surface area contributed by atoms with Gasteiger partial charge < -0.3 is 11.1 Å². The van der Waals surface area contributed by atoms with E-state index < -0.39 is 0 Å². The molecule has 0 amide bonds. The minimum atomic E-state index is 0.270. The lowest BCUT2D eigenvalue weighted by Gasteiger charge is -2.24. The molecule has 18 heavy (non-hydrogen) atoms. The average Bonchev–Trinajstić information content (AvgIpc) is 3.03. The molecular formula is C10H17N7S. The number of thiocarbonyl (C=S) groups is 1. The smallest absolute Gasteiger partial charge is 0.262 e. The minimum absolute atomic E-state index is 0.270. The molecule has 3 rings (SSSR count). The SMILES string of the molecule is Nc1nc(NNC(=S)N[C@H]2C[C@@H]3CC[C@@H]2C3)n[nH]1. The molecule has 0 aliphatic heterocycles. The van der Waals surface area contributed by atoms with Gasteiger partial charge in [0.15, 0.2) is 5.11 Å². The van der Waals surface area contributed by atoms with Gasteiger partial charge in [-0.05, 0) is 43.3 Å². The van der Waals surface area contributed by atoms with Gasteiger partial charge in [-0.3, -0.25) is 10.9 Å². The zero-order valence-electron chi connectivity index (χ0n) is 9.94. The molecule has 0 unspecified atom stereocenters. The fraction of sp³-hybridized carbons (Fsp3) is 0.700. The molecule has 98 valence electrons. The Kier molecular flexibility index (Phi) is 2.94. The normalized spacial score (nSPS) is 29.2. The summed E-state index contributed by atoms with van der Waals surface area (Å²) in [4.78, 5) is 3.90. The Balaban J connectivity index is 1.45. The van der Waals surface area contributed by atoms with Crippen molar-refractivity contribution in [2.45, 2.75) is 31.7 Å². The highest BCUT2D eigenvalue weighted by molar-refractivity contribution is 7.80. The van der Waals surface area contributed by atoms with E-state index >= 15 is 0 Å². The first-order valence-corrected chi connectivity index (χ1v) is 6.62. The Morgan fingerprint density at radius 3 is 2.89 bits per heavy atom. The molecule has 0 saturated heterocycles. The second kappa shape index (κ2) is 4.60. The summed E-state index contributed by atoms with van der Waals surface area (Å²) in [5.41, 5.74) is 11.1. The van der Waals surface area contributed by atoms with Crippen molar-refractivity contribution in [3.05, 3.63) is 0 Å². The number of hydrazine groups is 1. The summed E-state index contributed by atoms with van der Waals surface area (Å²) in [6, 6.07) is 0.516. The van der Waals surface area contributed by atoms with Crippen molar-refractivity contribution in [3.8, 4) is 0 Å². The highest BCUT2D eigenvalue weighted by atomic mass is 32.1. The first-order valence-electron chi connectivity index (χ1n) is 6.21. The predicted octanol–water partition coefficient (Wildman–Crippen LogP) is 0.366. The molecule has 2 saturated carbocycles. The first kappa shape index (κ1) is 11.5. The summed E-state index contributed by atoms with van der Waals surface area (Å²) in [6.07, 6.45) is 5.30. The number of hydrogen-bond donors (Lipinski definition) is 5. The molecule has 1 aromatic rings. The van der Waals surface area contributed by atoms with E-state index in [0.29, 0.717) is 17.1 Å². The summed E-state index contributed by atoms with van der Waals surface area (Å²) >= 11 is 5.23. The van der Waals surface area contributed by atoms with Crippen LogP contribution in [0.3, 0.4) is 0 Å². The van der Waals surface area contributed by atoms with Crippen molar-refractivity contribution >= 4 is 29.2 Å². The highest BCUT2D eigenvalue weighted by Gasteiger charge is 2.39. The number of fused-ring (bicyclic) bond motifs is 2. The van der Waals surface area contributed by atoms with Crippen molar-refractivity contribution in [1.82, 2.24) is 25.9 Å². The fourth-order valence-electron chi connectivity index (χ4n) is 3.07. The van der Waals surface area contributed by atoms with Gasteiger partial charge in [-0.25, -0.2) is 5.10 Å². The quantitative estimate of drug-likeness (QED) is 0.398. The van der Waals surface area contributed by atoms with Gasteiger partial charge in [0.2, 0.25) is 5.95 Å². The van der Waals surface area contributed by atoms with Crippen LogP contribution < -0.4 is 21.9 Å². The lowest BCUT2D eigenvalue weighted by molar-refractivity contribution is 0.390. The van der Waals surface area contributed by atoms with Crippen LogP contribution in [0.25, 0.3) is 0 Å². The Bertz CT molecular complexity index is 445. The van der Waals surface area contributed by atoms with E-state index in [1.807, 2.05) is 0 Å². The fourth-order valence-corrected chi connectivity index (χ4v) is 3.27. The molecule has 2 aliphatic carbocycles. The number of aromatic nitrogens is 3. The van der Waals surface area contributed by atoms with E-state index in [0.717, 1.165) is 11.8 Å². The van der Waals surface area contributed by atoms with E-state index in [-0.39, 0.29) is 5.95 Å². The second-order valence-corrected chi connectivity index (χ2v) is 5.46. The lowest BCUT2D eigenvalue weighted by atomic mass is 9.96. The van der Waals surface area contributed by atoms with Crippen LogP contribution in [0.15, 0.2) is 0 Å². The third kappa shape index (κ3) is 2.33. The summed E-state index contributed by atoms with van der Waals surface area (Å²) in [7, 11) is 0. The van der Waals surface area contributed by atoms with E-state index in [1.165, 1.54) is 25.7 Å². The maximum absolute atomic E-state index is 5.41. The summed E-state index contributed by atoms with van der Waals surface area (Å²) in [5, 5.41) is 10.3. The van der Waals surface area contributed by atoms with Crippen LogP contribution in [0.5, 0.6) is 0 Å². The Morgan fingerprint density at radius 2 is 2.28 bits per heavy atom. The van der Waals surface area contributed by atoms with Crippen LogP contribution in [0.1, 0.15) is 25.7 Å². The van der Waals surface area contributed by atoms with Crippen LogP contribution in [0.2, 0.25) is 0 Å². The van der Waals surface area contributed by atoms with Gasteiger partial charge in [-0.1, -0.05) is 6.42 Å². The lowest BCUT2D eigenvalue weighted by Crippen LogP contribution is -2.46. The number of nitrogens with one attached hydrogen (secondary N) is 4. The van der Waals surface area contributed by atoms with Crippen LogP contribution in [-0.4, -0.2) is 26.3 Å². The molecule has 0 radical (unpaired) electrons. The Labute approximate surface area is 110 Å². The molecule has 1 aromatic heterocycles. The predicted molar refractivity (Wildman–Crippen MR) is 72.5 cm³/mol. The number of nitrogens with two attached hydrogens (primary N) is 1.